The largest absolute Gasteiger partial charge is 0.493 e. The van der Waals surface area contributed by atoms with E-state index in [1.54, 1.807) is 42.2 Å². The molecular weight excluding hydrogens is 370 g/mol. The maximum absolute atomic E-state index is 12.2. The van der Waals surface area contributed by atoms with Crippen LogP contribution in [0.4, 0.5) is 0 Å². The van der Waals surface area contributed by atoms with Gasteiger partial charge in [-0.2, -0.15) is 0 Å². The molecule has 0 spiro atoms. The summed E-state index contributed by atoms with van der Waals surface area (Å²) in [5, 5.41) is 3.29. The van der Waals surface area contributed by atoms with Crippen LogP contribution in [0.15, 0.2) is 17.1 Å². The molecule has 9 heteroatoms. The Hall–Kier alpha value is -2.16. The summed E-state index contributed by atoms with van der Waals surface area (Å²) in [6.07, 6.45) is 0. The van der Waals surface area contributed by atoms with Gasteiger partial charge in [0.15, 0.2) is 27.3 Å². The van der Waals surface area contributed by atoms with Crippen molar-refractivity contribution in [1.82, 2.24) is 10.2 Å². The van der Waals surface area contributed by atoms with Crippen molar-refractivity contribution in [2.24, 2.45) is 4.99 Å². The molecule has 1 aliphatic rings. The third-order valence-electron chi connectivity index (χ3n) is 4.78. The number of nitrogens with zero attached hydrogens (tertiary/aromatic N) is 2. The first-order chi connectivity index (χ1) is 12.7. The Morgan fingerprint density at radius 1 is 1.19 bits per heavy atom. The molecule has 0 unspecified atom stereocenters. The Kier molecular flexibility index (Phi) is 6.46. The molecule has 0 radical (unpaired) electrons. The van der Waals surface area contributed by atoms with Gasteiger partial charge in [0, 0.05) is 32.2 Å². The maximum Gasteiger partial charge on any atom is 0.203 e. The van der Waals surface area contributed by atoms with Crippen molar-refractivity contribution < 1.29 is 22.6 Å². The quantitative estimate of drug-likeness (QED) is 0.590. The van der Waals surface area contributed by atoms with E-state index in [1.165, 1.54) is 0 Å². The zero-order chi connectivity index (χ0) is 20.2. The van der Waals surface area contributed by atoms with E-state index in [-0.39, 0.29) is 5.75 Å². The first-order valence-corrected chi connectivity index (χ1v) is 10.3. The molecule has 0 aromatic heterocycles. The molecule has 1 fully saturated rings. The standard InChI is InChI=1S/C18H29N3O5S/c1-18(2)12-21(9-10-27(18,22)23)17(19-3)20-11-13-7-8-14(24-4)16(26-6)15(13)25-5/h7-8H,9-12H2,1-6H3,(H,19,20). The summed E-state index contributed by atoms with van der Waals surface area (Å²) < 4.78 is 39.9. The van der Waals surface area contributed by atoms with E-state index in [9.17, 15) is 8.42 Å². The minimum absolute atomic E-state index is 0.111. The molecule has 1 N–H and O–H groups in total. The van der Waals surface area contributed by atoms with E-state index >= 15 is 0 Å². The van der Waals surface area contributed by atoms with Crippen molar-refractivity contribution in [3.63, 3.8) is 0 Å². The molecule has 27 heavy (non-hydrogen) atoms. The molecule has 2 rings (SSSR count). The lowest BCUT2D eigenvalue weighted by molar-refractivity contribution is 0.321. The van der Waals surface area contributed by atoms with Crippen LogP contribution in [0, 0.1) is 0 Å². The van der Waals surface area contributed by atoms with E-state index < -0.39 is 14.6 Å². The summed E-state index contributed by atoms with van der Waals surface area (Å²) in [5.41, 5.74) is 0.875. The van der Waals surface area contributed by atoms with Gasteiger partial charge < -0.3 is 24.4 Å². The smallest absolute Gasteiger partial charge is 0.203 e. The molecule has 0 aliphatic carbocycles. The molecule has 0 saturated carbocycles. The van der Waals surface area contributed by atoms with Crippen LogP contribution in [0.5, 0.6) is 17.2 Å². The van der Waals surface area contributed by atoms with Crippen LogP contribution in [0.3, 0.4) is 0 Å². The van der Waals surface area contributed by atoms with Crippen molar-refractivity contribution in [2.75, 3.05) is 47.2 Å². The summed E-state index contributed by atoms with van der Waals surface area (Å²) >= 11 is 0. The number of guanidine groups is 1. The number of hydrogen-bond acceptors (Lipinski definition) is 6. The van der Waals surface area contributed by atoms with Gasteiger partial charge in [-0.1, -0.05) is 0 Å². The fourth-order valence-electron chi connectivity index (χ4n) is 3.13. The van der Waals surface area contributed by atoms with E-state index in [4.69, 9.17) is 14.2 Å². The number of hydrogen-bond donors (Lipinski definition) is 1. The van der Waals surface area contributed by atoms with Crippen molar-refractivity contribution in [2.45, 2.75) is 25.1 Å². The highest BCUT2D eigenvalue weighted by Crippen LogP contribution is 2.39. The second-order valence-corrected chi connectivity index (χ2v) is 9.64. The van der Waals surface area contributed by atoms with Crippen LogP contribution >= 0.6 is 0 Å². The Morgan fingerprint density at radius 2 is 1.85 bits per heavy atom. The molecule has 0 atom stereocenters. The fourth-order valence-corrected chi connectivity index (χ4v) is 4.50. The molecule has 152 valence electrons. The number of rotatable bonds is 5. The third-order valence-corrected chi connectivity index (χ3v) is 7.31. The summed E-state index contributed by atoms with van der Waals surface area (Å²) in [4.78, 5) is 6.28. The van der Waals surface area contributed by atoms with E-state index in [0.717, 1.165) is 5.56 Å². The first kappa shape index (κ1) is 21.1. The molecule has 8 nitrogen and oxygen atoms in total. The summed E-state index contributed by atoms with van der Waals surface area (Å²) in [6.45, 7) is 4.74. The summed E-state index contributed by atoms with van der Waals surface area (Å²) in [6, 6.07) is 3.71. The second kappa shape index (κ2) is 8.24. The lowest BCUT2D eigenvalue weighted by Gasteiger charge is -2.39. The van der Waals surface area contributed by atoms with Gasteiger partial charge in [-0.3, -0.25) is 4.99 Å². The molecule has 1 saturated heterocycles. The molecule has 1 aromatic carbocycles. The van der Waals surface area contributed by atoms with Crippen molar-refractivity contribution in [3.8, 4) is 17.2 Å². The van der Waals surface area contributed by atoms with E-state index in [1.807, 2.05) is 17.0 Å². The number of nitrogens with one attached hydrogen (secondary N) is 1. The van der Waals surface area contributed by atoms with Gasteiger partial charge in [-0.05, 0) is 26.0 Å². The Bertz CT molecular complexity index is 805. The minimum atomic E-state index is -3.11. The molecule has 0 bridgehead atoms. The highest BCUT2D eigenvalue weighted by Gasteiger charge is 2.41. The van der Waals surface area contributed by atoms with Crippen molar-refractivity contribution >= 4 is 15.8 Å². The molecule has 0 amide bonds. The molecular formula is C18H29N3O5S. The maximum atomic E-state index is 12.2. The average Bonchev–Trinajstić information content (AvgIpc) is 2.64. The Balaban J connectivity index is 2.18. The first-order valence-electron chi connectivity index (χ1n) is 8.66. The predicted octanol–water partition coefficient (Wildman–Crippen LogP) is 1.30. The van der Waals surface area contributed by atoms with E-state index in [0.29, 0.717) is 42.8 Å². The lowest BCUT2D eigenvalue weighted by atomic mass is 10.1. The van der Waals surface area contributed by atoms with Gasteiger partial charge in [-0.25, -0.2) is 8.42 Å². The zero-order valence-corrected chi connectivity index (χ0v) is 17.6. The summed E-state index contributed by atoms with van der Waals surface area (Å²) in [7, 11) is 3.29. The van der Waals surface area contributed by atoms with Crippen LogP contribution in [0.2, 0.25) is 0 Å². The van der Waals surface area contributed by atoms with Crippen molar-refractivity contribution in [1.29, 1.82) is 0 Å². The monoisotopic (exact) mass is 399 g/mol. The average molecular weight is 400 g/mol. The fraction of sp³-hybridized carbons (Fsp3) is 0.611. The van der Waals surface area contributed by atoms with Gasteiger partial charge in [0.25, 0.3) is 0 Å². The van der Waals surface area contributed by atoms with Crippen molar-refractivity contribution in [3.05, 3.63) is 17.7 Å². The van der Waals surface area contributed by atoms with Crippen LogP contribution < -0.4 is 19.5 Å². The second-order valence-electron chi connectivity index (χ2n) is 6.89. The normalized spacial score (nSPS) is 18.7. The topological polar surface area (TPSA) is 89.5 Å². The van der Waals surface area contributed by atoms with E-state index in [2.05, 4.69) is 10.3 Å². The third kappa shape index (κ3) is 4.23. The Labute approximate surface area is 161 Å². The predicted molar refractivity (Wildman–Crippen MR) is 106 cm³/mol. The lowest BCUT2D eigenvalue weighted by Crippen LogP contribution is -2.57. The van der Waals surface area contributed by atoms with Gasteiger partial charge in [0.1, 0.15) is 0 Å². The SMILES string of the molecule is CN=C(NCc1ccc(OC)c(OC)c1OC)N1CCS(=O)(=O)C(C)(C)C1. The number of methoxy groups -OCH3 is 3. The zero-order valence-electron chi connectivity index (χ0n) is 16.8. The number of sulfone groups is 1. The number of ether oxygens (including phenoxy) is 3. The number of benzene rings is 1. The van der Waals surface area contributed by atoms with Gasteiger partial charge >= 0.3 is 0 Å². The van der Waals surface area contributed by atoms with Gasteiger partial charge in [0.05, 0.1) is 31.8 Å². The highest BCUT2D eigenvalue weighted by molar-refractivity contribution is 7.92. The van der Waals surface area contributed by atoms with Crippen LogP contribution in [0.1, 0.15) is 19.4 Å². The molecule has 1 heterocycles. The Morgan fingerprint density at radius 3 is 2.37 bits per heavy atom. The summed E-state index contributed by atoms with van der Waals surface area (Å²) in [5.74, 6) is 2.46. The van der Waals surface area contributed by atoms with Gasteiger partial charge in [0.2, 0.25) is 5.75 Å². The van der Waals surface area contributed by atoms with Crippen LogP contribution in [0.25, 0.3) is 0 Å². The number of aliphatic imine (C=N–C) groups is 1. The molecule has 1 aromatic rings. The molecule has 1 aliphatic heterocycles. The van der Waals surface area contributed by atoms with Crippen LogP contribution in [-0.4, -0.2) is 71.2 Å². The van der Waals surface area contributed by atoms with Crippen LogP contribution in [-0.2, 0) is 16.4 Å². The van der Waals surface area contributed by atoms with Gasteiger partial charge in [-0.15, -0.1) is 0 Å². The minimum Gasteiger partial charge on any atom is -0.493 e. The highest BCUT2D eigenvalue weighted by atomic mass is 32.2.